The average molecular weight is 230 g/mol. The van der Waals surface area contributed by atoms with E-state index in [1.54, 1.807) is 6.26 Å². The Kier molecular flexibility index (Phi) is 3.59. The third-order valence-electron chi connectivity index (χ3n) is 2.73. The van der Waals surface area contributed by atoms with Gasteiger partial charge < -0.3 is 9.73 Å². The molecule has 0 fully saturated rings. The van der Waals surface area contributed by atoms with Crippen molar-refractivity contribution in [1.82, 2.24) is 10.3 Å². The van der Waals surface area contributed by atoms with Gasteiger partial charge in [-0.15, -0.1) is 0 Å². The van der Waals surface area contributed by atoms with Gasteiger partial charge >= 0.3 is 0 Å². The largest absolute Gasteiger partial charge is 0.467 e. The number of rotatable bonds is 4. The van der Waals surface area contributed by atoms with Gasteiger partial charge in [0.15, 0.2) is 0 Å². The zero-order chi connectivity index (χ0) is 12.3. The van der Waals surface area contributed by atoms with Crippen molar-refractivity contribution in [1.29, 1.82) is 0 Å². The first-order valence-corrected chi connectivity index (χ1v) is 5.89. The van der Waals surface area contributed by atoms with Crippen LogP contribution in [-0.2, 0) is 6.54 Å². The predicted octanol–water partition coefficient (Wildman–Crippen LogP) is 3.15. The molecule has 2 aromatic heterocycles. The number of nitrogens with zero attached hydrogens (tertiary/aromatic N) is 1. The van der Waals surface area contributed by atoms with Gasteiger partial charge in [0.25, 0.3) is 0 Å². The van der Waals surface area contributed by atoms with Crippen LogP contribution in [0.2, 0.25) is 0 Å². The second-order valence-corrected chi connectivity index (χ2v) is 4.48. The molecule has 0 amide bonds. The monoisotopic (exact) mass is 230 g/mol. The highest BCUT2D eigenvalue weighted by molar-refractivity contribution is 5.68. The molecular formula is C14H18N2O. The Morgan fingerprint density at radius 3 is 2.82 bits per heavy atom. The summed E-state index contributed by atoms with van der Waals surface area (Å²) >= 11 is 0. The Balaban J connectivity index is 2.28. The fraction of sp³-hybridized carbons (Fsp3) is 0.357. The van der Waals surface area contributed by atoms with Crippen molar-refractivity contribution in [2.75, 3.05) is 0 Å². The number of pyridine rings is 1. The summed E-state index contributed by atoms with van der Waals surface area (Å²) < 4.78 is 5.54. The van der Waals surface area contributed by atoms with E-state index in [1.165, 1.54) is 11.1 Å². The predicted molar refractivity (Wildman–Crippen MR) is 68.7 cm³/mol. The van der Waals surface area contributed by atoms with Crippen LogP contribution in [0.5, 0.6) is 0 Å². The van der Waals surface area contributed by atoms with Gasteiger partial charge in [-0.2, -0.15) is 0 Å². The minimum atomic E-state index is 0.450. The molecule has 0 bridgehead atoms. The van der Waals surface area contributed by atoms with Crippen LogP contribution in [-0.4, -0.2) is 11.0 Å². The maximum atomic E-state index is 5.54. The second-order valence-electron chi connectivity index (χ2n) is 4.48. The molecular weight excluding hydrogens is 212 g/mol. The van der Waals surface area contributed by atoms with E-state index < -0.39 is 0 Å². The van der Waals surface area contributed by atoms with Gasteiger partial charge in [0.2, 0.25) is 0 Å². The summed E-state index contributed by atoms with van der Waals surface area (Å²) in [6, 6.07) is 4.49. The lowest BCUT2D eigenvalue weighted by Gasteiger charge is -2.09. The number of aromatic nitrogens is 1. The first kappa shape index (κ1) is 11.9. The van der Waals surface area contributed by atoms with E-state index in [-0.39, 0.29) is 0 Å². The molecule has 0 aliphatic carbocycles. The number of aryl methyl sites for hydroxylation is 1. The zero-order valence-electron chi connectivity index (χ0n) is 10.5. The molecule has 0 aliphatic rings. The average Bonchev–Trinajstić information content (AvgIpc) is 2.75. The van der Waals surface area contributed by atoms with E-state index in [0.29, 0.717) is 6.04 Å². The molecule has 2 heterocycles. The van der Waals surface area contributed by atoms with Crippen LogP contribution >= 0.6 is 0 Å². The molecule has 1 N–H and O–H groups in total. The lowest BCUT2D eigenvalue weighted by Crippen LogP contribution is -2.21. The molecule has 0 saturated carbocycles. The van der Waals surface area contributed by atoms with Gasteiger partial charge in [-0.05, 0) is 30.2 Å². The summed E-state index contributed by atoms with van der Waals surface area (Å²) in [6.07, 6.45) is 5.43. The summed E-state index contributed by atoms with van der Waals surface area (Å²) in [5.41, 5.74) is 3.51. The van der Waals surface area contributed by atoms with Gasteiger partial charge in [0, 0.05) is 24.0 Å². The van der Waals surface area contributed by atoms with Crippen molar-refractivity contribution >= 4 is 0 Å². The lowest BCUT2D eigenvalue weighted by atomic mass is 10.0. The highest BCUT2D eigenvalue weighted by Crippen LogP contribution is 2.27. The molecule has 17 heavy (non-hydrogen) atoms. The van der Waals surface area contributed by atoms with Crippen LogP contribution in [0.1, 0.15) is 25.2 Å². The highest BCUT2D eigenvalue weighted by Gasteiger charge is 2.10. The zero-order valence-corrected chi connectivity index (χ0v) is 10.5. The highest BCUT2D eigenvalue weighted by atomic mass is 16.3. The molecule has 2 rings (SSSR count). The van der Waals surface area contributed by atoms with Crippen molar-refractivity contribution in [3.63, 3.8) is 0 Å². The number of hydrogen-bond acceptors (Lipinski definition) is 3. The van der Waals surface area contributed by atoms with Gasteiger partial charge in [-0.3, -0.25) is 4.98 Å². The second kappa shape index (κ2) is 5.15. The Bertz CT molecular complexity index is 488. The maximum absolute atomic E-state index is 5.54. The summed E-state index contributed by atoms with van der Waals surface area (Å²) in [5.74, 6) is 0.980. The first-order valence-electron chi connectivity index (χ1n) is 5.89. The Labute approximate surface area is 102 Å². The molecule has 90 valence electrons. The third-order valence-corrected chi connectivity index (χ3v) is 2.73. The first-order chi connectivity index (χ1) is 8.18. The van der Waals surface area contributed by atoms with E-state index in [0.717, 1.165) is 17.9 Å². The molecule has 3 heteroatoms. The van der Waals surface area contributed by atoms with E-state index in [1.807, 2.05) is 24.5 Å². The van der Waals surface area contributed by atoms with Crippen molar-refractivity contribution in [3.05, 3.63) is 42.1 Å². The standard InChI is InChI=1S/C14H18N2O/c1-10(2)16-9-14-13(5-7-17-14)12-4-6-15-8-11(12)3/h4-8,10,16H,9H2,1-3H3. The molecule has 0 aromatic carbocycles. The van der Waals surface area contributed by atoms with Crippen molar-refractivity contribution < 1.29 is 4.42 Å². The number of hydrogen-bond donors (Lipinski definition) is 1. The van der Waals surface area contributed by atoms with Gasteiger partial charge in [-0.1, -0.05) is 13.8 Å². The molecule has 0 spiro atoms. The van der Waals surface area contributed by atoms with Crippen LogP contribution < -0.4 is 5.32 Å². The normalized spacial score (nSPS) is 11.1. The SMILES string of the molecule is Cc1cnccc1-c1ccoc1CNC(C)C. The molecule has 0 aliphatic heterocycles. The topological polar surface area (TPSA) is 38.1 Å². The summed E-state index contributed by atoms with van der Waals surface area (Å²) in [5, 5.41) is 3.37. The Hall–Kier alpha value is -1.61. The quantitative estimate of drug-likeness (QED) is 0.876. The number of nitrogens with one attached hydrogen (secondary N) is 1. The minimum absolute atomic E-state index is 0.450. The third kappa shape index (κ3) is 2.74. The van der Waals surface area contributed by atoms with E-state index in [2.05, 4.69) is 31.1 Å². The van der Waals surface area contributed by atoms with E-state index in [4.69, 9.17) is 4.42 Å². The molecule has 0 radical (unpaired) electrons. The Morgan fingerprint density at radius 1 is 1.29 bits per heavy atom. The lowest BCUT2D eigenvalue weighted by molar-refractivity contribution is 0.466. The van der Waals surface area contributed by atoms with Gasteiger partial charge in [0.1, 0.15) is 5.76 Å². The fourth-order valence-electron chi connectivity index (χ4n) is 1.79. The van der Waals surface area contributed by atoms with Crippen LogP contribution in [0.15, 0.2) is 35.2 Å². The van der Waals surface area contributed by atoms with E-state index in [9.17, 15) is 0 Å². The van der Waals surface area contributed by atoms with Crippen LogP contribution in [0.4, 0.5) is 0 Å². The van der Waals surface area contributed by atoms with Crippen LogP contribution in [0, 0.1) is 6.92 Å². The minimum Gasteiger partial charge on any atom is -0.467 e. The van der Waals surface area contributed by atoms with Gasteiger partial charge in [0.05, 0.1) is 12.8 Å². The molecule has 0 saturated heterocycles. The summed E-state index contributed by atoms with van der Waals surface area (Å²) in [4.78, 5) is 4.11. The van der Waals surface area contributed by atoms with Crippen molar-refractivity contribution in [3.8, 4) is 11.1 Å². The van der Waals surface area contributed by atoms with Gasteiger partial charge in [-0.25, -0.2) is 0 Å². The Morgan fingerprint density at radius 2 is 2.12 bits per heavy atom. The van der Waals surface area contributed by atoms with E-state index >= 15 is 0 Å². The molecule has 2 aromatic rings. The van der Waals surface area contributed by atoms with Crippen LogP contribution in [0.3, 0.4) is 0 Å². The molecule has 0 unspecified atom stereocenters. The summed E-state index contributed by atoms with van der Waals surface area (Å²) in [6.45, 7) is 7.07. The fourth-order valence-corrected chi connectivity index (χ4v) is 1.79. The van der Waals surface area contributed by atoms with Crippen molar-refractivity contribution in [2.45, 2.75) is 33.4 Å². The number of furan rings is 1. The smallest absolute Gasteiger partial charge is 0.125 e. The van der Waals surface area contributed by atoms with Crippen LogP contribution in [0.25, 0.3) is 11.1 Å². The molecule has 3 nitrogen and oxygen atoms in total. The molecule has 0 atom stereocenters. The summed E-state index contributed by atoms with van der Waals surface area (Å²) in [7, 11) is 0. The maximum Gasteiger partial charge on any atom is 0.125 e. The van der Waals surface area contributed by atoms with Crippen molar-refractivity contribution in [2.24, 2.45) is 0 Å².